The number of carbonyl (C=O) groups is 2. The van der Waals surface area contributed by atoms with Gasteiger partial charge in [-0.15, -0.1) is 0 Å². The first-order chi connectivity index (χ1) is 14.7. The van der Waals surface area contributed by atoms with Crippen LogP contribution in [0.1, 0.15) is 22.8 Å². The third kappa shape index (κ3) is 5.46. The summed E-state index contributed by atoms with van der Waals surface area (Å²) in [6, 6.07) is 9.45. The molecule has 0 spiro atoms. The fourth-order valence-corrected chi connectivity index (χ4v) is 3.85. The maximum absolute atomic E-state index is 12.7. The molecule has 0 saturated heterocycles. The average Bonchev–Trinajstić information content (AvgIpc) is 2.72. The number of ether oxygens (including phenoxy) is 3. The van der Waals surface area contributed by atoms with Crippen LogP contribution in [0.4, 0.5) is 11.4 Å². The molecule has 3 rings (SSSR count). The van der Waals surface area contributed by atoms with Crippen molar-refractivity contribution < 1.29 is 32.2 Å². The maximum Gasteiger partial charge on any atom is 0.338 e. The molecule has 0 unspecified atom stereocenters. The predicted molar refractivity (Wildman–Crippen MR) is 115 cm³/mol. The van der Waals surface area contributed by atoms with Crippen LogP contribution in [0.5, 0.6) is 11.5 Å². The SMILES string of the molecule is CCOC(=O)c1ccc(C)c(NC(=O)CN(c2ccc3c(c2)OCCO3)S(C)(=O)=O)c1. The number of esters is 1. The molecule has 0 aromatic heterocycles. The third-order valence-corrected chi connectivity index (χ3v) is 5.66. The molecule has 9 nitrogen and oxygen atoms in total. The number of benzene rings is 2. The molecule has 1 heterocycles. The molecule has 1 aliphatic rings. The Kier molecular flexibility index (Phi) is 6.69. The second-order valence-electron chi connectivity index (χ2n) is 6.90. The van der Waals surface area contributed by atoms with Gasteiger partial charge in [0.1, 0.15) is 19.8 Å². The molecule has 0 atom stereocenters. The van der Waals surface area contributed by atoms with E-state index in [2.05, 4.69) is 5.32 Å². The minimum absolute atomic E-state index is 0.229. The highest BCUT2D eigenvalue weighted by molar-refractivity contribution is 7.92. The zero-order valence-corrected chi connectivity index (χ0v) is 18.3. The Morgan fingerprint density at radius 1 is 1.10 bits per heavy atom. The number of anilines is 2. The van der Waals surface area contributed by atoms with Crippen molar-refractivity contribution in [3.63, 3.8) is 0 Å². The molecule has 10 heteroatoms. The van der Waals surface area contributed by atoms with Crippen molar-refractivity contribution in [3.8, 4) is 11.5 Å². The van der Waals surface area contributed by atoms with Gasteiger partial charge in [-0.1, -0.05) is 6.07 Å². The van der Waals surface area contributed by atoms with Gasteiger partial charge in [0.2, 0.25) is 15.9 Å². The number of rotatable bonds is 7. The number of nitrogens with one attached hydrogen (secondary N) is 1. The molecule has 0 aliphatic carbocycles. The van der Waals surface area contributed by atoms with Gasteiger partial charge in [0.05, 0.1) is 24.1 Å². The van der Waals surface area contributed by atoms with Crippen molar-refractivity contribution in [1.82, 2.24) is 0 Å². The van der Waals surface area contributed by atoms with Gasteiger partial charge in [-0.25, -0.2) is 13.2 Å². The lowest BCUT2D eigenvalue weighted by atomic mass is 10.1. The van der Waals surface area contributed by atoms with Crippen LogP contribution in [-0.2, 0) is 19.6 Å². The molecule has 0 fully saturated rings. The van der Waals surface area contributed by atoms with E-state index in [0.717, 1.165) is 10.6 Å². The summed E-state index contributed by atoms with van der Waals surface area (Å²) in [6.45, 7) is 4.00. The molecule has 1 amide bonds. The largest absolute Gasteiger partial charge is 0.486 e. The van der Waals surface area contributed by atoms with E-state index in [4.69, 9.17) is 14.2 Å². The lowest BCUT2D eigenvalue weighted by Crippen LogP contribution is -2.37. The average molecular weight is 448 g/mol. The van der Waals surface area contributed by atoms with Gasteiger partial charge in [-0.3, -0.25) is 9.10 Å². The Labute approximate surface area is 181 Å². The molecule has 1 aliphatic heterocycles. The van der Waals surface area contributed by atoms with E-state index >= 15 is 0 Å². The Hall–Kier alpha value is -3.27. The van der Waals surface area contributed by atoms with Crippen LogP contribution in [-0.4, -0.2) is 52.9 Å². The maximum atomic E-state index is 12.7. The van der Waals surface area contributed by atoms with Gasteiger partial charge < -0.3 is 19.5 Å². The van der Waals surface area contributed by atoms with Crippen molar-refractivity contribution >= 4 is 33.3 Å². The number of hydrogen-bond donors (Lipinski definition) is 1. The molecule has 166 valence electrons. The molecule has 31 heavy (non-hydrogen) atoms. The van der Waals surface area contributed by atoms with Gasteiger partial charge in [0, 0.05) is 11.8 Å². The van der Waals surface area contributed by atoms with Crippen molar-refractivity contribution in [3.05, 3.63) is 47.5 Å². The molecule has 0 bridgehead atoms. The molecule has 2 aromatic rings. The van der Waals surface area contributed by atoms with Crippen LogP contribution >= 0.6 is 0 Å². The summed E-state index contributed by atoms with van der Waals surface area (Å²) < 4.78 is 41.7. The third-order valence-electron chi connectivity index (χ3n) is 4.52. The van der Waals surface area contributed by atoms with E-state index < -0.39 is 28.4 Å². The summed E-state index contributed by atoms with van der Waals surface area (Å²) in [5.74, 6) is -0.147. The zero-order chi connectivity index (χ0) is 22.6. The van der Waals surface area contributed by atoms with E-state index in [1.807, 2.05) is 0 Å². The highest BCUT2D eigenvalue weighted by Gasteiger charge is 2.24. The zero-order valence-electron chi connectivity index (χ0n) is 17.5. The topological polar surface area (TPSA) is 111 Å². The van der Waals surface area contributed by atoms with E-state index in [9.17, 15) is 18.0 Å². The van der Waals surface area contributed by atoms with Crippen molar-refractivity contribution in [2.75, 3.05) is 42.2 Å². The van der Waals surface area contributed by atoms with Crippen LogP contribution in [0.3, 0.4) is 0 Å². The lowest BCUT2D eigenvalue weighted by Gasteiger charge is -2.25. The number of hydrogen-bond acceptors (Lipinski definition) is 7. The van der Waals surface area contributed by atoms with Crippen molar-refractivity contribution in [1.29, 1.82) is 0 Å². The molecule has 2 aromatic carbocycles. The van der Waals surface area contributed by atoms with Crippen LogP contribution in [0.15, 0.2) is 36.4 Å². The minimum Gasteiger partial charge on any atom is -0.486 e. The van der Waals surface area contributed by atoms with Crippen molar-refractivity contribution in [2.24, 2.45) is 0 Å². The fourth-order valence-electron chi connectivity index (χ4n) is 3.01. The molecule has 0 radical (unpaired) electrons. The summed E-state index contributed by atoms with van der Waals surface area (Å²) in [5.41, 5.74) is 1.67. The Morgan fingerprint density at radius 3 is 2.48 bits per heavy atom. The highest BCUT2D eigenvalue weighted by atomic mass is 32.2. The summed E-state index contributed by atoms with van der Waals surface area (Å²) in [4.78, 5) is 24.7. The van der Waals surface area contributed by atoms with Gasteiger partial charge in [-0.05, 0) is 43.7 Å². The smallest absolute Gasteiger partial charge is 0.338 e. The van der Waals surface area contributed by atoms with Crippen LogP contribution in [0, 0.1) is 6.92 Å². The minimum atomic E-state index is -3.77. The van der Waals surface area contributed by atoms with Crippen LogP contribution in [0.25, 0.3) is 0 Å². The van der Waals surface area contributed by atoms with Crippen molar-refractivity contribution in [2.45, 2.75) is 13.8 Å². The molecule has 0 saturated carbocycles. The predicted octanol–water partition coefficient (Wildman–Crippen LogP) is 2.35. The standard InChI is InChI=1S/C21H24N2O7S/c1-4-28-21(25)15-6-5-14(2)17(11-15)22-20(24)13-23(31(3,26)27)16-7-8-18-19(12-16)30-10-9-29-18/h5-8,11-12H,4,9-10,13H2,1-3H3,(H,22,24). The lowest BCUT2D eigenvalue weighted by molar-refractivity contribution is -0.114. The van der Waals surface area contributed by atoms with E-state index in [-0.39, 0.29) is 17.9 Å². The first-order valence-electron chi connectivity index (χ1n) is 9.64. The highest BCUT2D eigenvalue weighted by Crippen LogP contribution is 2.34. The first-order valence-corrected chi connectivity index (χ1v) is 11.5. The fraction of sp³-hybridized carbons (Fsp3) is 0.333. The van der Waals surface area contributed by atoms with E-state index in [1.165, 1.54) is 12.1 Å². The van der Waals surface area contributed by atoms with E-state index in [0.29, 0.717) is 36.0 Å². The summed E-state index contributed by atoms with van der Waals surface area (Å²) in [6.07, 6.45) is 1.02. The number of nitrogens with zero attached hydrogens (tertiary/aromatic N) is 1. The second kappa shape index (κ2) is 9.25. The monoisotopic (exact) mass is 448 g/mol. The molecular weight excluding hydrogens is 424 g/mol. The normalized spacial score (nSPS) is 12.7. The van der Waals surface area contributed by atoms with Gasteiger partial charge in [-0.2, -0.15) is 0 Å². The summed E-state index contributed by atoms with van der Waals surface area (Å²) in [7, 11) is -3.77. The number of amides is 1. The van der Waals surface area contributed by atoms with Gasteiger partial charge in [0.15, 0.2) is 11.5 Å². The van der Waals surface area contributed by atoms with Crippen LogP contribution < -0.4 is 19.1 Å². The first kappa shape index (κ1) is 22.4. The van der Waals surface area contributed by atoms with E-state index in [1.54, 1.807) is 38.1 Å². The van der Waals surface area contributed by atoms with Gasteiger partial charge in [0.25, 0.3) is 0 Å². The van der Waals surface area contributed by atoms with Crippen LogP contribution in [0.2, 0.25) is 0 Å². The number of carbonyl (C=O) groups excluding carboxylic acids is 2. The second-order valence-corrected chi connectivity index (χ2v) is 8.80. The summed E-state index contributed by atoms with van der Waals surface area (Å²) >= 11 is 0. The number of sulfonamides is 1. The number of aryl methyl sites for hydroxylation is 1. The Morgan fingerprint density at radius 2 is 1.81 bits per heavy atom. The molecular formula is C21H24N2O7S. The Balaban J connectivity index is 1.81. The van der Waals surface area contributed by atoms with Gasteiger partial charge >= 0.3 is 5.97 Å². The Bertz CT molecular complexity index is 1100. The summed E-state index contributed by atoms with van der Waals surface area (Å²) in [5, 5.41) is 2.67. The molecule has 1 N–H and O–H groups in total. The number of fused-ring (bicyclic) bond motifs is 1. The quantitative estimate of drug-likeness (QED) is 0.647.